The van der Waals surface area contributed by atoms with E-state index in [1.807, 2.05) is 0 Å². The van der Waals surface area contributed by atoms with Crippen molar-refractivity contribution in [2.45, 2.75) is 6.92 Å². The van der Waals surface area contributed by atoms with Crippen LogP contribution in [0.25, 0.3) is 0 Å². The van der Waals surface area contributed by atoms with Gasteiger partial charge in [-0.2, -0.15) is 0 Å². The van der Waals surface area contributed by atoms with E-state index in [0.717, 1.165) is 6.07 Å². The fourth-order valence-electron chi connectivity index (χ4n) is 1.18. The van der Waals surface area contributed by atoms with Gasteiger partial charge >= 0.3 is 12.0 Å². The van der Waals surface area contributed by atoms with E-state index < -0.39 is 17.7 Å². The number of carbonyl (C=O) groups is 2. The first-order chi connectivity index (χ1) is 8.54. The number of amides is 2. The summed E-state index contributed by atoms with van der Waals surface area (Å²) in [6.45, 7) is 1.86. The molecule has 0 aromatic heterocycles. The third kappa shape index (κ3) is 3.72. The molecule has 0 fully saturated rings. The van der Waals surface area contributed by atoms with E-state index in [2.05, 4.69) is 22.5 Å². The lowest BCUT2D eigenvalue weighted by molar-refractivity contribution is 0.0694. The van der Waals surface area contributed by atoms with Crippen LogP contribution in [0.2, 0.25) is 0 Å². The maximum absolute atomic E-state index is 11.3. The molecule has 6 heteroatoms. The van der Waals surface area contributed by atoms with Crippen molar-refractivity contribution in [2.75, 3.05) is 11.9 Å². The van der Waals surface area contributed by atoms with Crippen molar-refractivity contribution in [1.82, 2.24) is 5.32 Å². The van der Waals surface area contributed by atoms with E-state index in [9.17, 15) is 14.7 Å². The summed E-state index contributed by atoms with van der Waals surface area (Å²) < 4.78 is 0. The number of phenols is 1. The molecule has 4 N–H and O–H groups in total. The number of urea groups is 1. The second kappa shape index (κ2) is 6.15. The maximum Gasteiger partial charge on any atom is 0.339 e. The Kier molecular flexibility index (Phi) is 4.58. The van der Waals surface area contributed by atoms with Gasteiger partial charge in [0.25, 0.3) is 0 Å². The number of carboxylic acid groups (broad SMARTS) is 1. The van der Waals surface area contributed by atoms with Crippen LogP contribution in [0.1, 0.15) is 17.3 Å². The quantitative estimate of drug-likeness (QED) is 0.605. The second-order valence-electron chi connectivity index (χ2n) is 3.27. The summed E-state index contributed by atoms with van der Waals surface area (Å²) in [5, 5.41) is 23.0. The molecular formula is C12H12N2O4. The normalized spacial score (nSPS) is 8.94. The average molecular weight is 248 g/mol. The van der Waals surface area contributed by atoms with E-state index in [0.29, 0.717) is 5.69 Å². The van der Waals surface area contributed by atoms with Gasteiger partial charge in [-0.3, -0.25) is 0 Å². The van der Waals surface area contributed by atoms with Crippen molar-refractivity contribution < 1.29 is 19.8 Å². The summed E-state index contributed by atoms with van der Waals surface area (Å²) >= 11 is 0. The maximum atomic E-state index is 11.3. The smallest absolute Gasteiger partial charge is 0.339 e. The number of rotatable bonds is 3. The minimum absolute atomic E-state index is 0.210. The summed E-state index contributed by atoms with van der Waals surface area (Å²) in [4.78, 5) is 22.0. The van der Waals surface area contributed by atoms with Gasteiger partial charge in [0.2, 0.25) is 0 Å². The molecule has 0 heterocycles. The summed E-state index contributed by atoms with van der Waals surface area (Å²) in [6, 6.07) is 3.27. The first-order valence-electron chi connectivity index (χ1n) is 5.05. The van der Waals surface area contributed by atoms with Gasteiger partial charge < -0.3 is 20.8 Å². The molecule has 1 rings (SSSR count). The van der Waals surface area contributed by atoms with Crippen molar-refractivity contribution in [2.24, 2.45) is 0 Å². The number of nitrogens with one attached hydrogen (secondary N) is 2. The fourth-order valence-corrected chi connectivity index (χ4v) is 1.18. The Morgan fingerprint density at radius 3 is 2.67 bits per heavy atom. The molecule has 0 unspecified atom stereocenters. The Morgan fingerprint density at radius 1 is 1.39 bits per heavy atom. The number of hydrogen-bond donors (Lipinski definition) is 4. The molecule has 0 saturated carbocycles. The molecule has 1 aromatic carbocycles. The van der Waals surface area contributed by atoms with Crippen molar-refractivity contribution in [3.05, 3.63) is 23.8 Å². The van der Waals surface area contributed by atoms with Crippen LogP contribution in [0.4, 0.5) is 10.5 Å². The lowest BCUT2D eigenvalue weighted by Crippen LogP contribution is -2.28. The standard InChI is InChI=1S/C12H12N2O4/c1-2-3-6-13-12(18)14-8-4-5-9(11(16)17)10(15)7-8/h4-5,7,15H,6H2,1H3,(H,16,17)(H2,13,14,18). The van der Waals surface area contributed by atoms with E-state index in [1.165, 1.54) is 12.1 Å². The molecule has 18 heavy (non-hydrogen) atoms. The Bertz CT molecular complexity index is 529. The largest absolute Gasteiger partial charge is 0.507 e. The topological polar surface area (TPSA) is 98.7 Å². The predicted molar refractivity (Wildman–Crippen MR) is 65.5 cm³/mol. The zero-order valence-corrected chi connectivity index (χ0v) is 9.65. The Balaban J connectivity index is 2.67. The third-order valence-electron chi connectivity index (χ3n) is 2.00. The second-order valence-corrected chi connectivity index (χ2v) is 3.27. The van der Waals surface area contributed by atoms with Crippen LogP contribution in [0.15, 0.2) is 18.2 Å². The van der Waals surface area contributed by atoms with Crippen LogP contribution in [-0.4, -0.2) is 28.8 Å². The molecule has 0 spiro atoms. The predicted octanol–water partition coefficient (Wildman–Crippen LogP) is 1.24. The van der Waals surface area contributed by atoms with Gasteiger partial charge in [0.1, 0.15) is 11.3 Å². The Hall–Kier alpha value is -2.68. The number of anilines is 1. The number of carbonyl (C=O) groups excluding carboxylic acids is 1. The summed E-state index contributed by atoms with van der Waals surface area (Å²) in [5.41, 5.74) is 0.0669. The van der Waals surface area contributed by atoms with E-state index in [1.54, 1.807) is 6.92 Å². The number of aromatic hydroxyl groups is 1. The lowest BCUT2D eigenvalue weighted by Gasteiger charge is -2.07. The monoisotopic (exact) mass is 248 g/mol. The molecule has 94 valence electrons. The van der Waals surface area contributed by atoms with E-state index in [-0.39, 0.29) is 12.1 Å². The van der Waals surface area contributed by atoms with Crippen molar-refractivity contribution in [3.63, 3.8) is 0 Å². The summed E-state index contributed by atoms with van der Waals surface area (Å²) in [7, 11) is 0. The van der Waals surface area contributed by atoms with Gasteiger partial charge in [0.05, 0.1) is 6.54 Å². The highest BCUT2D eigenvalue weighted by Gasteiger charge is 2.10. The molecule has 1 aromatic rings. The van der Waals surface area contributed by atoms with Crippen molar-refractivity contribution in [3.8, 4) is 17.6 Å². The van der Waals surface area contributed by atoms with Crippen molar-refractivity contribution >= 4 is 17.7 Å². The van der Waals surface area contributed by atoms with Crippen LogP contribution in [-0.2, 0) is 0 Å². The highest BCUT2D eigenvalue weighted by molar-refractivity contribution is 5.93. The highest BCUT2D eigenvalue weighted by atomic mass is 16.4. The molecule has 0 saturated heterocycles. The molecule has 0 aliphatic heterocycles. The number of hydrogen-bond acceptors (Lipinski definition) is 3. The average Bonchev–Trinajstić information content (AvgIpc) is 2.28. The summed E-state index contributed by atoms with van der Waals surface area (Å²) in [6.07, 6.45) is 0. The fraction of sp³-hybridized carbons (Fsp3) is 0.167. The van der Waals surface area contributed by atoms with Crippen LogP contribution in [0, 0.1) is 11.8 Å². The van der Waals surface area contributed by atoms with Gasteiger partial charge in [-0.25, -0.2) is 9.59 Å². The molecular weight excluding hydrogens is 236 g/mol. The lowest BCUT2D eigenvalue weighted by atomic mass is 10.2. The zero-order valence-electron chi connectivity index (χ0n) is 9.65. The minimum atomic E-state index is -1.23. The third-order valence-corrected chi connectivity index (χ3v) is 2.00. The SMILES string of the molecule is CC#CCNC(=O)Nc1ccc(C(=O)O)c(O)c1. The molecule has 0 aliphatic rings. The molecule has 0 radical (unpaired) electrons. The first kappa shape index (κ1) is 13.4. The van der Waals surface area contributed by atoms with Crippen LogP contribution in [0.3, 0.4) is 0 Å². The van der Waals surface area contributed by atoms with Crippen LogP contribution in [0.5, 0.6) is 5.75 Å². The Morgan fingerprint density at radius 2 is 2.11 bits per heavy atom. The number of aromatic carboxylic acids is 1. The molecule has 2 amide bonds. The minimum Gasteiger partial charge on any atom is -0.507 e. The molecule has 0 aliphatic carbocycles. The van der Waals surface area contributed by atoms with Gasteiger partial charge in [0.15, 0.2) is 0 Å². The zero-order chi connectivity index (χ0) is 13.5. The van der Waals surface area contributed by atoms with E-state index >= 15 is 0 Å². The van der Waals surface area contributed by atoms with Crippen LogP contribution < -0.4 is 10.6 Å². The number of carboxylic acids is 1. The highest BCUT2D eigenvalue weighted by Crippen LogP contribution is 2.21. The van der Waals surface area contributed by atoms with Gasteiger partial charge in [-0.1, -0.05) is 5.92 Å². The van der Waals surface area contributed by atoms with Gasteiger partial charge in [-0.15, -0.1) is 5.92 Å². The Labute approximate surface area is 104 Å². The van der Waals surface area contributed by atoms with Gasteiger partial charge in [0, 0.05) is 11.8 Å². The molecule has 0 bridgehead atoms. The summed E-state index contributed by atoms with van der Waals surface area (Å²) in [5.74, 6) is 3.63. The number of benzene rings is 1. The van der Waals surface area contributed by atoms with Gasteiger partial charge in [-0.05, 0) is 19.1 Å². The molecule has 6 nitrogen and oxygen atoms in total. The van der Waals surface area contributed by atoms with Crippen LogP contribution >= 0.6 is 0 Å². The van der Waals surface area contributed by atoms with Crippen molar-refractivity contribution in [1.29, 1.82) is 0 Å². The van der Waals surface area contributed by atoms with E-state index in [4.69, 9.17) is 5.11 Å². The first-order valence-corrected chi connectivity index (χ1v) is 5.05. The molecule has 0 atom stereocenters.